The highest BCUT2D eigenvalue weighted by Crippen LogP contribution is 2.29. The first kappa shape index (κ1) is 24.1. The van der Waals surface area contributed by atoms with Gasteiger partial charge in [-0.2, -0.15) is 4.31 Å². The maximum Gasteiger partial charge on any atom is 0.248 e. The number of nitrogens with zero attached hydrogens (tertiary/aromatic N) is 2. The molecule has 0 saturated carbocycles. The number of aryl methyl sites for hydroxylation is 1. The predicted octanol–water partition coefficient (Wildman–Crippen LogP) is 3.86. The Kier molecular flexibility index (Phi) is 7.84. The summed E-state index contributed by atoms with van der Waals surface area (Å²) in [7, 11) is -3.87. The number of sulfonamides is 1. The van der Waals surface area contributed by atoms with Crippen LogP contribution < -0.4 is 5.32 Å². The summed E-state index contributed by atoms with van der Waals surface area (Å²) in [5.41, 5.74) is 0.556. The van der Waals surface area contributed by atoms with E-state index in [0.29, 0.717) is 30.9 Å². The molecule has 1 aromatic carbocycles. The van der Waals surface area contributed by atoms with Crippen molar-refractivity contribution in [3.8, 4) is 0 Å². The monoisotopic (exact) mass is 463 g/mol. The fraction of sp³-hybridized carbons (Fsp3) is 0.478. The van der Waals surface area contributed by atoms with Crippen LogP contribution in [0.1, 0.15) is 50.1 Å². The third-order valence-electron chi connectivity index (χ3n) is 5.60. The van der Waals surface area contributed by atoms with Gasteiger partial charge >= 0.3 is 0 Å². The van der Waals surface area contributed by atoms with Gasteiger partial charge in [-0.1, -0.05) is 37.2 Å². The lowest BCUT2D eigenvalue weighted by molar-refractivity contribution is -0.126. The van der Waals surface area contributed by atoms with Crippen molar-refractivity contribution >= 4 is 28.1 Å². The molecule has 1 aliphatic rings. The molecule has 0 unspecified atom stereocenters. The van der Waals surface area contributed by atoms with Crippen molar-refractivity contribution in [1.82, 2.24) is 14.8 Å². The van der Waals surface area contributed by atoms with Crippen LogP contribution in [0.5, 0.6) is 0 Å². The van der Waals surface area contributed by atoms with Crippen molar-refractivity contribution in [2.24, 2.45) is 11.8 Å². The maximum atomic E-state index is 13.9. The molecular formula is C23H30FN3O4S. The Hall–Kier alpha value is -2.52. The van der Waals surface area contributed by atoms with Crippen LogP contribution in [0.15, 0.2) is 33.7 Å². The summed E-state index contributed by atoms with van der Waals surface area (Å²) >= 11 is 0. The molecule has 1 aliphatic heterocycles. The predicted molar refractivity (Wildman–Crippen MR) is 121 cm³/mol. The molecule has 1 fully saturated rings. The van der Waals surface area contributed by atoms with Crippen LogP contribution in [0.2, 0.25) is 0 Å². The minimum atomic E-state index is -3.87. The summed E-state index contributed by atoms with van der Waals surface area (Å²) in [5.74, 6) is -0.0665. The number of nitrogens with one attached hydrogen (secondary N) is 1. The first-order chi connectivity index (χ1) is 15.2. The van der Waals surface area contributed by atoms with Crippen LogP contribution in [0.3, 0.4) is 0 Å². The Morgan fingerprint density at radius 1 is 1.28 bits per heavy atom. The molecule has 0 aliphatic carbocycles. The third-order valence-corrected chi connectivity index (χ3v) is 7.65. The number of carbonyl (C=O) groups excluding carboxylic acids is 1. The topological polar surface area (TPSA) is 92.5 Å². The van der Waals surface area contributed by atoms with E-state index in [1.165, 1.54) is 22.5 Å². The van der Waals surface area contributed by atoms with Crippen LogP contribution in [-0.2, 0) is 14.8 Å². The highest BCUT2D eigenvalue weighted by Gasteiger charge is 2.35. The quantitative estimate of drug-likeness (QED) is 0.642. The van der Waals surface area contributed by atoms with Crippen molar-refractivity contribution in [3.05, 3.63) is 47.1 Å². The van der Waals surface area contributed by atoms with Gasteiger partial charge in [0, 0.05) is 31.1 Å². The van der Waals surface area contributed by atoms with Gasteiger partial charge in [0.1, 0.15) is 11.5 Å². The van der Waals surface area contributed by atoms with E-state index in [9.17, 15) is 17.6 Å². The van der Waals surface area contributed by atoms with Gasteiger partial charge in [0.05, 0.1) is 0 Å². The molecule has 1 N–H and O–H groups in total. The van der Waals surface area contributed by atoms with E-state index in [2.05, 4.69) is 24.3 Å². The Labute approximate surface area is 188 Å². The normalized spacial score (nSPS) is 16.2. The third kappa shape index (κ3) is 5.63. The molecule has 0 atom stereocenters. The fourth-order valence-corrected chi connectivity index (χ4v) is 5.41. The molecule has 2 heterocycles. The molecule has 0 spiro atoms. The van der Waals surface area contributed by atoms with Gasteiger partial charge in [0.15, 0.2) is 10.7 Å². The first-order valence-electron chi connectivity index (χ1n) is 10.9. The first-order valence-corrected chi connectivity index (χ1v) is 12.3. The number of carbonyl (C=O) groups is 1. The molecular weight excluding hydrogens is 433 g/mol. The van der Waals surface area contributed by atoms with E-state index >= 15 is 0 Å². The van der Waals surface area contributed by atoms with E-state index in [1.807, 2.05) is 0 Å². The minimum Gasteiger partial charge on any atom is -0.356 e. The smallest absolute Gasteiger partial charge is 0.248 e. The Bertz CT molecular complexity index is 1070. The standard InChI is InChI=1S/C23H30FN3O4S/c1-16(2)10-13-25-23(28)19-11-14-27(15-12-19)32(29,30)22-17(3)26-31-21(22)9-8-18-6-4-5-7-20(18)24/h4-9,16,19H,10-15H2,1-3H3,(H,25,28)/b9-8+. The summed E-state index contributed by atoms with van der Waals surface area (Å²) < 4.78 is 47.1. The second kappa shape index (κ2) is 10.4. The number of amides is 1. The molecule has 32 heavy (non-hydrogen) atoms. The number of hydrogen-bond acceptors (Lipinski definition) is 5. The minimum absolute atomic E-state index is 0.0163. The molecule has 1 amide bonds. The summed E-state index contributed by atoms with van der Waals surface area (Å²) in [6.45, 7) is 6.87. The number of hydrogen-bond donors (Lipinski definition) is 1. The molecule has 0 bridgehead atoms. The Morgan fingerprint density at radius 3 is 2.62 bits per heavy atom. The van der Waals surface area contributed by atoms with E-state index in [0.717, 1.165) is 6.42 Å². The second-order valence-electron chi connectivity index (χ2n) is 8.47. The van der Waals surface area contributed by atoms with E-state index in [1.54, 1.807) is 25.1 Å². The van der Waals surface area contributed by atoms with Gasteiger partial charge in [-0.05, 0) is 50.3 Å². The van der Waals surface area contributed by atoms with Gasteiger partial charge in [0.2, 0.25) is 15.9 Å². The molecule has 1 saturated heterocycles. The van der Waals surface area contributed by atoms with Gasteiger partial charge in [-0.15, -0.1) is 0 Å². The van der Waals surface area contributed by atoms with Crippen LogP contribution >= 0.6 is 0 Å². The largest absolute Gasteiger partial charge is 0.356 e. The summed E-state index contributed by atoms with van der Waals surface area (Å²) in [5, 5.41) is 6.76. The highest BCUT2D eigenvalue weighted by molar-refractivity contribution is 7.89. The SMILES string of the molecule is Cc1noc(/C=C/c2ccccc2F)c1S(=O)(=O)N1CCC(C(=O)NCCC(C)C)CC1. The van der Waals surface area contributed by atoms with Gasteiger partial charge in [-0.25, -0.2) is 12.8 Å². The molecule has 0 radical (unpaired) electrons. The van der Waals surface area contributed by atoms with E-state index in [-0.39, 0.29) is 41.3 Å². The van der Waals surface area contributed by atoms with Crippen LogP contribution in [0.25, 0.3) is 12.2 Å². The van der Waals surface area contributed by atoms with Gasteiger partial charge in [-0.3, -0.25) is 4.79 Å². The Morgan fingerprint density at radius 2 is 1.97 bits per heavy atom. The van der Waals surface area contributed by atoms with Crippen molar-refractivity contribution in [2.45, 2.75) is 44.9 Å². The summed E-state index contributed by atoms with van der Waals surface area (Å²) in [4.78, 5) is 12.4. The summed E-state index contributed by atoms with van der Waals surface area (Å²) in [6, 6.07) is 6.18. The Balaban J connectivity index is 1.70. The van der Waals surface area contributed by atoms with Gasteiger partial charge in [0.25, 0.3) is 0 Å². The van der Waals surface area contributed by atoms with Crippen molar-refractivity contribution < 1.29 is 22.1 Å². The molecule has 1 aromatic heterocycles. The number of benzene rings is 1. The van der Waals surface area contributed by atoms with E-state index < -0.39 is 15.8 Å². The van der Waals surface area contributed by atoms with Crippen LogP contribution in [-0.4, -0.2) is 43.4 Å². The number of piperidine rings is 1. The fourth-order valence-electron chi connectivity index (χ4n) is 3.69. The number of aromatic nitrogens is 1. The molecule has 174 valence electrons. The molecule has 9 heteroatoms. The average Bonchev–Trinajstić information content (AvgIpc) is 3.14. The van der Waals surface area contributed by atoms with Crippen LogP contribution in [0, 0.1) is 24.6 Å². The van der Waals surface area contributed by atoms with Crippen molar-refractivity contribution in [1.29, 1.82) is 0 Å². The second-order valence-corrected chi connectivity index (χ2v) is 10.3. The number of halogens is 1. The summed E-state index contributed by atoms with van der Waals surface area (Å²) in [6.07, 6.45) is 4.70. The van der Waals surface area contributed by atoms with E-state index in [4.69, 9.17) is 4.52 Å². The van der Waals surface area contributed by atoms with Gasteiger partial charge < -0.3 is 9.84 Å². The zero-order chi connectivity index (χ0) is 23.3. The lowest BCUT2D eigenvalue weighted by Crippen LogP contribution is -2.43. The van der Waals surface area contributed by atoms with Crippen molar-refractivity contribution in [3.63, 3.8) is 0 Å². The molecule has 2 aromatic rings. The molecule has 3 rings (SSSR count). The van der Waals surface area contributed by atoms with Crippen molar-refractivity contribution in [2.75, 3.05) is 19.6 Å². The lowest BCUT2D eigenvalue weighted by atomic mass is 9.97. The zero-order valence-corrected chi connectivity index (χ0v) is 19.5. The number of rotatable bonds is 8. The zero-order valence-electron chi connectivity index (χ0n) is 18.7. The lowest BCUT2D eigenvalue weighted by Gasteiger charge is -2.30. The average molecular weight is 464 g/mol. The van der Waals surface area contributed by atoms with Crippen LogP contribution in [0.4, 0.5) is 4.39 Å². The maximum absolute atomic E-state index is 13.9. The molecule has 7 nitrogen and oxygen atoms in total. The highest BCUT2D eigenvalue weighted by atomic mass is 32.2.